The van der Waals surface area contributed by atoms with Crippen LogP contribution in [0.25, 0.3) is 0 Å². The number of carbonyl (C=O) groups excluding carboxylic acids is 4. The fourth-order valence-corrected chi connectivity index (χ4v) is 5.00. The molecule has 0 unspecified atom stereocenters. The number of halogens is 3. The van der Waals surface area contributed by atoms with Gasteiger partial charge in [0.25, 0.3) is 0 Å². The van der Waals surface area contributed by atoms with E-state index in [1.54, 1.807) is 31.4 Å². The van der Waals surface area contributed by atoms with Crippen molar-refractivity contribution >= 4 is 29.7 Å². The highest BCUT2D eigenvalue weighted by Crippen LogP contribution is 2.18. The zero-order valence-corrected chi connectivity index (χ0v) is 29.4. The van der Waals surface area contributed by atoms with E-state index >= 15 is 0 Å². The number of methoxy groups -OCH3 is 1. The first-order valence-electron chi connectivity index (χ1n) is 16.2. The van der Waals surface area contributed by atoms with Gasteiger partial charge in [-0.2, -0.15) is 13.2 Å². The summed E-state index contributed by atoms with van der Waals surface area (Å²) < 4.78 is 47.7. The number of carboxylic acids is 1. The van der Waals surface area contributed by atoms with Crippen LogP contribution >= 0.6 is 0 Å². The highest BCUT2D eigenvalue weighted by Gasteiger charge is 2.38. The largest absolute Gasteiger partial charge is 0.497 e. The Hall–Kier alpha value is -5.44. The Balaban J connectivity index is 0.00000121. The molecule has 3 rings (SSSR count). The lowest BCUT2D eigenvalue weighted by molar-refractivity contribution is -0.192. The molecule has 15 heteroatoms. The number of carbonyl (C=O) groups is 5. The maximum Gasteiger partial charge on any atom is 0.490 e. The summed E-state index contributed by atoms with van der Waals surface area (Å²) in [6.45, 7) is 5.49. The molecule has 0 aliphatic rings. The van der Waals surface area contributed by atoms with E-state index in [1.165, 1.54) is 0 Å². The molecule has 0 saturated carbocycles. The first-order chi connectivity index (χ1) is 24.5. The van der Waals surface area contributed by atoms with E-state index < -0.39 is 54.6 Å². The first-order valence-corrected chi connectivity index (χ1v) is 16.2. The average Bonchev–Trinajstić information content (AvgIpc) is 3.09. The van der Waals surface area contributed by atoms with Crippen molar-refractivity contribution in [2.45, 2.75) is 71.3 Å². The van der Waals surface area contributed by atoms with Crippen molar-refractivity contribution in [1.29, 1.82) is 0 Å². The van der Waals surface area contributed by atoms with E-state index in [4.69, 9.17) is 29.8 Å². The zero-order valence-electron chi connectivity index (χ0n) is 29.4. The van der Waals surface area contributed by atoms with Crippen LogP contribution in [0, 0.1) is 20.8 Å². The lowest BCUT2D eigenvalue weighted by Crippen LogP contribution is -2.53. The second kappa shape index (κ2) is 21.0. The predicted octanol–water partition coefficient (Wildman–Crippen LogP) is 5.13. The van der Waals surface area contributed by atoms with Crippen molar-refractivity contribution in [2.75, 3.05) is 20.3 Å². The number of amides is 2. The van der Waals surface area contributed by atoms with Crippen LogP contribution in [0.1, 0.15) is 57.4 Å². The fraction of sp³-hybridized carbons (Fsp3) is 0.378. The van der Waals surface area contributed by atoms with Gasteiger partial charge in [-0.1, -0.05) is 60.2 Å². The van der Waals surface area contributed by atoms with E-state index in [1.807, 2.05) is 63.2 Å². The maximum atomic E-state index is 13.6. The third-order valence-corrected chi connectivity index (χ3v) is 7.54. The number of esters is 1. The van der Waals surface area contributed by atoms with Crippen LogP contribution < -0.4 is 21.1 Å². The number of ether oxygens (including phenoxy) is 3. The maximum absolute atomic E-state index is 13.6. The standard InChI is InChI=1S/C35H43N3O7.C2HF3O2/c1-23-18-24(2)32(25(3)19-23)34(41)44-22-31(39)29(12-8-9-17-36)37-33(40)30(20-26-13-15-28(43-4)16-14-26)38-35(42)45-21-27-10-6-5-7-11-27;3-2(4,5)1(6)7/h5-7,10-11,13-16,18-19,29-30H,8-9,12,17,20-22,36H2,1-4H3,(H,37,40)(H,38,42);(H,6,7)/t29-,30-;/m0./s1. The van der Waals surface area contributed by atoms with Crippen molar-refractivity contribution in [1.82, 2.24) is 10.6 Å². The third kappa shape index (κ3) is 14.8. The molecule has 0 aliphatic heterocycles. The van der Waals surface area contributed by atoms with Crippen LogP contribution in [0.2, 0.25) is 0 Å². The summed E-state index contributed by atoms with van der Waals surface area (Å²) in [5.41, 5.74) is 10.1. The number of hydrogen-bond acceptors (Lipinski definition) is 9. The molecule has 5 N–H and O–H groups in total. The second-order valence-corrected chi connectivity index (χ2v) is 11.8. The Kier molecular flexibility index (Phi) is 17.3. The average molecular weight is 732 g/mol. The number of rotatable bonds is 16. The quantitative estimate of drug-likeness (QED) is 0.114. The molecule has 52 heavy (non-hydrogen) atoms. The van der Waals surface area contributed by atoms with Gasteiger partial charge in [-0.15, -0.1) is 0 Å². The van der Waals surface area contributed by atoms with E-state index in [0.29, 0.717) is 30.7 Å². The molecular weight excluding hydrogens is 687 g/mol. The molecule has 0 saturated heterocycles. The normalized spacial score (nSPS) is 11.9. The van der Waals surface area contributed by atoms with Crippen LogP contribution in [0.5, 0.6) is 5.75 Å². The number of alkyl carbamates (subject to hydrolysis) is 1. The minimum absolute atomic E-state index is 0.0229. The number of alkyl halides is 3. The molecule has 0 aromatic heterocycles. The van der Waals surface area contributed by atoms with Crippen LogP contribution in [0.3, 0.4) is 0 Å². The number of benzene rings is 3. The topological polar surface area (TPSA) is 183 Å². The summed E-state index contributed by atoms with van der Waals surface area (Å²) in [6.07, 6.45) is -4.25. The van der Waals surface area contributed by atoms with Crippen molar-refractivity contribution in [3.63, 3.8) is 0 Å². The van der Waals surface area contributed by atoms with Gasteiger partial charge >= 0.3 is 24.2 Å². The number of carboxylic acid groups (broad SMARTS) is 1. The molecule has 0 bridgehead atoms. The first kappa shape index (κ1) is 42.7. The Bertz CT molecular complexity index is 1630. The number of nitrogens with one attached hydrogen (secondary N) is 2. The molecule has 0 aliphatic carbocycles. The summed E-state index contributed by atoms with van der Waals surface area (Å²) in [7, 11) is 1.55. The summed E-state index contributed by atoms with van der Waals surface area (Å²) >= 11 is 0. The van der Waals surface area contributed by atoms with Gasteiger partial charge in [0.1, 0.15) is 18.4 Å². The number of Topliss-reactive ketones (excluding diaryl/α,β-unsaturated/α-hetero) is 1. The Morgan fingerprint density at radius 2 is 1.42 bits per heavy atom. The zero-order chi connectivity index (χ0) is 38.8. The molecule has 3 aromatic rings. The lowest BCUT2D eigenvalue weighted by atomic mass is 10.00. The molecule has 2 atom stereocenters. The van der Waals surface area contributed by atoms with Crippen molar-refractivity contribution in [3.05, 3.63) is 100 Å². The summed E-state index contributed by atoms with van der Waals surface area (Å²) in [4.78, 5) is 61.5. The van der Waals surface area contributed by atoms with Gasteiger partial charge in [-0.05, 0) is 81.0 Å². The smallest absolute Gasteiger partial charge is 0.490 e. The van der Waals surface area contributed by atoms with Crippen molar-refractivity contribution in [2.24, 2.45) is 5.73 Å². The number of nitrogens with two attached hydrogens (primary N) is 1. The Morgan fingerprint density at radius 3 is 1.96 bits per heavy atom. The summed E-state index contributed by atoms with van der Waals surface area (Å²) in [6, 6.07) is 18.0. The second-order valence-electron chi connectivity index (χ2n) is 11.8. The number of unbranched alkanes of at least 4 members (excludes halogenated alkanes) is 1. The number of hydrogen-bond donors (Lipinski definition) is 4. The Labute approximate surface area is 299 Å². The van der Waals surface area contributed by atoms with Crippen LogP contribution in [0.15, 0.2) is 66.7 Å². The molecule has 0 heterocycles. The molecule has 3 aromatic carbocycles. The van der Waals surface area contributed by atoms with Crippen molar-refractivity contribution < 1.29 is 56.5 Å². The van der Waals surface area contributed by atoms with E-state index in [0.717, 1.165) is 27.8 Å². The van der Waals surface area contributed by atoms with Crippen LogP contribution in [0.4, 0.5) is 18.0 Å². The monoisotopic (exact) mass is 731 g/mol. The number of aryl methyl sites for hydroxylation is 3. The molecule has 0 spiro atoms. The number of aliphatic carboxylic acids is 1. The highest BCUT2D eigenvalue weighted by atomic mass is 19.4. The van der Waals surface area contributed by atoms with E-state index in [2.05, 4.69) is 10.6 Å². The van der Waals surface area contributed by atoms with Crippen molar-refractivity contribution in [3.8, 4) is 5.75 Å². The predicted molar refractivity (Wildman–Crippen MR) is 185 cm³/mol. The van der Waals surface area contributed by atoms with Gasteiger partial charge in [0.05, 0.1) is 18.7 Å². The Morgan fingerprint density at radius 1 is 0.827 bits per heavy atom. The molecule has 0 radical (unpaired) electrons. The van der Waals surface area contributed by atoms with Crippen LogP contribution in [-0.2, 0) is 36.9 Å². The minimum Gasteiger partial charge on any atom is -0.497 e. The molecule has 282 valence electrons. The van der Waals surface area contributed by atoms with Gasteiger partial charge in [-0.25, -0.2) is 14.4 Å². The van der Waals surface area contributed by atoms with Crippen LogP contribution in [-0.4, -0.2) is 73.4 Å². The fourth-order valence-electron chi connectivity index (χ4n) is 5.00. The lowest BCUT2D eigenvalue weighted by Gasteiger charge is -2.23. The number of ketones is 1. The molecular formula is C37H44F3N3O9. The van der Waals surface area contributed by atoms with E-state index in [9.17, 15) is 32.3 Å². The van der Waals surface area contributed by atoms with Gasteiger partial charge in [0.2, 0.25) is 5.91 Å². The van der Waals surface area contributed by atoms with Gasteiger partial charge in [-0.3, -0.25) is 9.59 Å². The van der Waals surface area contributed by atoms with E-state index in [-0.39, 0.29) is 19.4 Å². The van der Waals surface area contributed by atoms with Gasteiger partial charge in [0.15, 0.2) is 12.4 Å². The minimum atomic E-state index is -5.08. The van der Waals surface area contributed by atoms with Gasteiger partial charge in [0, 0.05) is 6.42 Å². The van der Waals surface area contributed by atoms with Gasteiger partial charge < -0.3 is 35.7 Å². The molecule has 12 nitrogen and oxygen atoms in total. The summed E-state index contributed by atoms with van der Waals surface area (Å²) in [5, 5.41) is 12.5. The SMILES string of the molecule is COc1ccc(C[C@H](NC(=O)OCc2ccccc2)C(=O)N[C@@H](CCCCN)C(=O)COC(=O)c2c(C)cc(C)cc2C)cc1.O=C(O)C(F)(F)F. The highest BCUT2D eigenvalue weighted by molar-refractivity contribution is 5.96. The molecule has 0 fully saturated rings. The molecule has 2 amide bonds. The third-order valence-electron chi connectivity index (χ3n) is 7.54. The summed E-state index contributed by atoms with van der Waals surface area (Å²) in [5.74, 6) is -3.76.